The molecule has 0 radical (unpaired) electrons. The minimum absolute atomic E-state index is 0.217. The molecule has 0 spiro atoms. The average molecular weight is 330 g/mol. The Hall–Kier alpha value is -2.49. The van der Waals surface area contributed by atoms with E-state index in [0.717, 1.165) is 24.5 Å². The van der Waals surface area contributed by atoms with Crippen LogP contribution in [0, 0.1) is 10.1 Å². The summed E-state index contributed by atoms with van der Waals surface area (Å²) in [7, 11) is -0.864. The van der Waals surface area contributed by atoms with Crippen LogP contribution in [0.3, 0.4) is 0 Å². The van der Waals surface area contributed by atoms with Gasteiger partial charge in [-0.05, 0) is 12.1 Å². The molecule has 0 saturated carbocycles. The van der Waals surface area contributed by atoms with Gasteiger partial charge in [-0.15, -0.1) is 0 Å². The molecule has 1 rings (SSSR count). The standard InChI is InChI=1S/C12H14N2O7S/c1-13(2)11(15)7-21-12(16)8-4-5-10(22(3,19)20)9(6-8)14(17)18/h4-6H,7H2,1-3H3. The number of ether oxygens (including phenoxy) is 1. The van der Waals surface area contributed by atoms with Crippen LogP contribution in [0.1, 0.15) is 10.4 Å². The van der Waals surface area contributed by atoms with Gasteiger partial charge in [-0.1, -0.05) is 0 Å². The molecular formula is C12H14N2O7S. The van der Waals surface area contributed by atoms with Crippen molar-refractivity contribution in [2.24, 2.45) is 0 Å². The largest absolute Gasteiger partial charge is 0.452 e. The van der Waals surface area contributed by atoms with E-state index < -0.39 is 43.8 Å². The lowest BCUT2D eigenvalue weighted by molar-refractivity contribution is -0.387. The minimum Gasteiger partial charge on any atom is -0.452 e. The number of benzene rings is 1. The third-order valence-corrected chi connectivity index (χ3v) is 3.76. The average Bonchev–Trinajstić information content (AvgIpc) is 2.42. The number of hydrogen-bond donors (Lipinski definition) is 0. The lowest BCUT2D eigenvalue weighted by Gasteiger charge is -2.10. The summed E-state index contributed by atoms with van der Waals surface area (Å²) in [5.41, 5.74) is -0.943. The van der Waals surface area contributed by atoms with E-state index in [1.807, 2.05) is 0 Å². The van der Waals surface area contributed by atoms with Gasteiger partial charge in [0.15, 0.2) is 16.4 Å². The van der Waals surface area contributed by atoms with Crippen LogP contribution in [-0.4, -0.2) is 57.1 Å². The molecule has 10 heteroatoms. The number of esters is 1. The second-order valence-electron chi connectivity index (χ2n) is 4.58. The maximum Gasteiger partial charge on any atom is 0.338 e. The van der Waals surface area contributed by atoms with E-state index in [2.05, 4.69) is 0 Å². The molecule has 0 aliphatic carbocycles. The van der Waals surface area contributed by atoms with Crippen molar-refractivity contribution in [1.82, 2.24) is 4.90 Å². The third-order valence-electron chi connectivity index (χ3n) is 2.62. The van der Waals surface area contributed by atoms with Gasteiger partial charge in [0.2, 0.25) is 0 Å². The first-order chi connectivity index (χ1) is 10.0. The quantitative estimate of drug-likeness (QED) is 0.430. The molecule has 0 N–H and O–H groups in total. The number of nitrogens with zero attached hydrogens (tertiary/aromatic N) is 2. The summed E-state index contributed by atoms with van der Waals surface area (Å²) in [6.07, 6.45) is 0.822. The highest BCUT2D eigenvalue weighted by Gasteiger charge is 2.24. The molecule has 0 aliphatic heterocycles. The van der Waals surface area contributed by atoms with Crippen molar-refractivity contribution in [3.8, 4) is 0 Å². The molecule has 0 unspecified atom stereocenters. The highest BCUT2D eigenvalue weighted by molar-refractivity contribution is 7.90. The maximum atomic E-state index is 11.7. The normalized spacial score (nSPS) is 10.9. The number of rotatable bonds is 5. The molecule has 120 valence electrons. The van der Waals surface area contributed by atoms with E-state index in [0.29, 0.717) is 0 Å². The number of hydrogen-bond acceptors (Lipinski definition) is 7. The second kappa shape index (κ2) is 6.52. The van der Waals surface area contributed by atoms with Gasteiger partial charge in [0.1, 0.15) is 4.90 Å². The third kappa shape index (κ3) is 4.25. The number of amides is 1. The molecule has 0 atom stereocenters. The Bertz CT molecular complexity index is 725. The lowest BCUT2D eigenvalue weighted by atomic mass is 10.2. The molecule has 0 bridgehead atoms. The molecule has 1 amide bonds. The monoisotopic (exact) mass is 330 g/mol. The van der Waals surface area contributed by atoms with E-state index in [1.165, 1.54) is 19.0 Å². The van der Waals surface area contributed by atoms with Gasteiger partial charge >= 0.3 is 5.97 Å². The van der Waals surface area contributed by atoms with Gasteiger partial charge in [0.25, 0.3) is 11.6 Å². The van der Waals surface area contributed by atoms with E-state index in [-0.39, 0.29) is 5.56 Å². The Labute approximate surface area is 126 Å². The van der Waals surface area contributed by atoms with Crippen molar-refractivity contribution in [3.05, 3.63) is 33.9 Å². The molecule has 1 aromatic carbocycles. The summed E-state index contributed by atoms with van der Waals surface area (Å²) in [6.45, 7) is -0.520. The van der Waals surface area contributed by atoms with Crippen molar-refractivity contribution in [2.75, 3.05) is 27.0 Å². The number of nitro groups is 1. The van der Waals surface area contributed by atoms with Gasteiger partial charge in [-0.25, -0.2) is 13.2 Å². The van der Waals surface area contributed by atoms with E-state index in [4.69, 9.17) is 4.74 Å². The predicted molar refractivity (Wildman–Crippen MR) is 75.2 cm³/mol. The zero-order valence-corrected chi connectivity index (χ0v) is 12.9. The van der Waals surface area contributed by atoms with Crippen molar-refractivity contribution in [2.45, 2.75) is 4.90 Å². The molecule has 0 aliphatic rings. The Balaban J connectivity index is 3.08. The maximum absolute atomic E-state index is 11.7. The van der Waals surface area contributed by atoms with Crippen LogP contribution < -0.4 is 0 Å². The van der Waals surface area contributed by atoms with Crippen LogP contribution in [0.15, 0.2) is 23.1 Å². The van der Waals surface area contributed by atoms with Gasteiger partial charge < -0.3 is 9.64 Å². The predicted octanol–water partition coefficient (Wildman–Crippen LogP) is 0.243. The summed E-state index contributed by atoms with van der Waals surface area (Å²) in [4.78, 5) is 33.8. The molecular weight excluding hydrogens is 316 g/mol. The first-order valence-electron chi connectivity index (χ1n) is 5.90. The fraction of sp³-hybridized carbons (Fsp3) is 0.333. The Morgan fingerprint density at radius 2 is 1.91 bits per heavy atom. The smallest absolute Gasteiger partial charge is 0.338 e. The van der Waals surface area contributed by atoms with Crippen molar-refractivity contribution in [1.29, 1.82) is 0 Å². The zero-order chi connectivity index (χ0) is 17.1. The fourth-order valence-electron chi connectivity index (χ4n) is 1.44. The SMILES string of the molecule is CN(C)C(=O)COC(=O)c1ccc(S(C)(=O)=O)c([N+](=O)[O-])c1. The minimum atomic E-state index is -3.81. The van der Waals surface area contributed by atoms with Crippen LogP contribution in [0.4, 0.5) is 5.69 Å². The topological polar surface area (TPSA) is 124 Å². The molecule has 0 heterocycles. The number of carbonyl (C=O) groups is 2. The zero-order valence-electron chi connectivity index (χ0n) is 12.1. The Morgan fingerprint density at radius 3 is 2.36 bits per heavy atom. The lowest BCUT2D eigenvalue weighted by Crippen LogP contribution is -2.27. The Kier molecular flexibility index (Phi) is 5.20. The summed E-state index contributed by atoms with van der Waals surface area (Å²) >= 11 is 0. The van der Waals surface area contributed by atoms with Crippen LogP contribution in [0.25, 0.3) is 0 Å². The molecule has 22 heavy (non-hydrogen) atoms. The summed E-state index contributed by atoms with van der Waals surface area (Å²) in [5.74, 6) is -1.42. The summed E-state index contributed by atoms with van der Waals surface area (Å²) in [6, 6.07) is 2.85. The summed E-state index contributed by atoms with van der Waals surface area (Å²) < 4.78 is 27.6. The molecule has 1 aromatic rings. The van der Waals surface area contributed by atoms with Crippen LogP contribution in [0.5, 0.6) is 0 Å². The number of sulfone groups is 1. The van der Waals surface area contributed by atoms with E-state index in [1.54, 1.807) is 0 Å². The number of likely N-dealkylation sites (N-methyl/N-ethyl adjacent to an activating group) is 1. The van der Waals surface area contributed by atoms with Crippen molar-refractivity contribution >= 4 is 27.4 Å². The van der Waals surface area contributed by atoms with Gasteiger partial charge in [0.05, 0.1) is 10.5 Å². The first kappa shape index (κ1) is 17.6. The second-order valence-corrected chi connectivity index (χ2v) is 6.56. The molecule has 0 saturated heterocycles. The molecule has 0 aromatic heterocycles. The van der Waals surface area contributed by atoms with E-state index >= 15 is 0 Å². The Morgan fingerprint density at radius 1 is 1.32 bits per heavy atom. The number of nitro benzene ring substituents is 1. The highest BCUT2D eigenvalue weighted by Crippen LogP contribution is 2.25. The number of carbonyl (C=O) groups excluding carboxylic acids is 2. The molecule has 0 fully saturated rings. The van der Waals surface area contributed by atoms with Gasteiger partial charge in [-0.3, -0.25) is 14.9 Å². The van der Waals surface area contributed by atoms with Gasteiger partial charge in [0, 0.05) is 26.4 Å². The highest BCUT2D eigenvalue weighted by atomic mass is 32.2. The molecule has 9 nitrogen and oxygen atoms in total. The van der Waals surface area contributed by atoms with Crippen LogP contribution in [0.2, 0.25) is 0 Å². The van der Waals surface area contributed by atoms with Crippen molar-refractivity contribution in [3.63, 3.8) is 0 Å². The van der Waals surface area contributed by atoms with E-state index in [9.17, 15) is 28.1 Å². The van der Waals surface area contributed by atoms with Gasteiger partial charge in [-0.2, -0.15) is 0 Å². The fourth-order valence-corrected chi connectivity index (χ4v) is 2.27. The summed E-state index contributed by atoms with van der Waals surface area (Å²) in [5, 5.41) is 10.9. The van der Waals surface area contributed by atoms with Crippen LogP contribution >= 0.6 is 0 Å². The first-order valence-corrected chi connectivity index (χ1v) is 7.79. The van der Waals surface area contributed by atoms with Crippen LogP contribution in [-0.2, 0) is 19.4 Å². The van der Waals surface area contributed by atoms with Crippen molar-refractivity contribution < 1.29 is 27.7 Å².